The zero-order valence-electron chi connectivity index (χ0n) is 15.2. The zero-order valence-corrected chi connectivity index (χ0v) is 15.2. The minimum atomic E-state index is -0.352. The van der Waals surface area contributed by atoms with Gasteiger partial charge >= 0.3 is 0 Å². The van der Waals surface area contributed by atoms with Gasteiger partial charge in [-0.15, -0.1) is 0 Å². The van der Waals surface area contributed by atoms with Crippen molar-refractivity contribution in [2.24, 2.45) is 0 Å². The van der Waals surface area contributed by atoms with Crippen LogP contribution in [0.4, 0.5) is 21.7 Å². The third kappa shape index (κ3) is 3.07. The molecule has 28 heavy (non-hydrogen) atoms. The number of hydrogen-bond donors (Lipinski definition) is 3. The van der Waals surface area contributed by atoms with Gasteiger partial charge in [0.15, 0.2) is 11.6 Å². The molecular formula is C21H19FN6. The first-order valence-corrected chi connectivity index (χ1v) is 8.81. The largest absolute Gasteiger partial charge is 0.393 e. The molecule has 140 valence electrons. The second-order valence-corrected chi connectivity index (χ2v) is 6.48. The third-order valence-corrected chi connectivity index (χ3v) is 4.67. The van der Waals surface area contributed by atoms with Crippen molar-refractivity contribution >= 4 is 28.2 Å². The Morgan fingerprint density at radius 2 is 1.75 bits per heavy atom. The number of benzene rings is 2. The van der Waals surface area contributed by atoms with E-state index in [1.807, 2.05) is 43.3 Å². The van der Waals surface area contributed by atoms with E-state index in [1.54, 1.807) is 12.3 Å². The summed E-state index contributed by atoms with van der Waals surface area (Å²) in [5.74, 6) is 0.305. The molecule has 0 radical (unpaired) electrons. The van der Waals surface area contributed by atoms with E-state index in [0.29, 0.717) is 11.3 Å². The van der Waals surface area contributed by atoms with Crippen LogP contribution in [0.1, 0.15) is 18.5 Å². The van der Waals surface area contributed by atoms with E-state index in [4.69, 9.17) is 11.5 Å². The fourth-order valence-corrected chi connectivity index (χ4v) is 3.26. The number of rotatable bonds is 4. The van der Waals surface area contributed by atoms with Gasteiger partial charge in [0, 0.05) is 17.1 Å². The van der Waals surface area contributed by atoms with Crippen molar-refractivity contribution in [2.75, 3.05) is 16.8 Å². The Morgan fingerprint density at radius 1 is 0.964 bits per heavy atom. The number of pyridine rings is 1. The highest BCUT2D eigenvalue weighted by atomic mass is 19.1. The van der Waals surface area contributed by atoms with Gasteiger partial charge in [-0.2, -0.15) is 0 Å². The zero-order chi connectivity index (χ0) is 19.7. The van der Waals surface area contributed by atoms with Gasteiger partial charge < -0.3 is 16.8 Å². The van der Waals surface area contributed by atoms with E-state index in [1.165, 1.54) is 12.4 Å². The van der Waals surface area contributed by atoms with Gasteiger partial charge in [-0.25, -0.2) is 14.4 Å². The molecule has 4 aromatic rings. The minimum absolute atomic E-state index is 0.215. The van der Waals surface area contributed by atoms with Crippen LogP contribution in [-0.2, 0) is 0 Å². The number of para-hydroxylation sites is 1. The first kappa shape index (κ1) is 17.7. The highest BCUT2D eigenvalue weighted by Crippen LogP contribution is 2.36. The second-order valence-electron chi connectivity index (χ2n) is 6.48. The Labute approximate surface area is 161 Å². The number of nitrogens with one attached hydrogen (secondary N) is 1. The summed E-state index contributed by atoms with van der Waals surface area (Å²) in [5, 5.41) is 4.01. The number of nitrogens with two attached hydrogens (primary N) is 2. The topological polar surface area (TPSA) is 103 Å². The Hall–Kier alpha value is -3.74. The number of halogens is 1. The molecule has 2 heterocycles. The van der Waals surface area contributed by atoms with Crippen molar-refractivity contribution in [3.8, 4) is 11.1 Å². The van der Waals surface area contributed by atoms with Gasteiger partial charge in [-0.1, -0.05) is 42.5 Å². The van der Waals surface area contributed by atoms with Crippen LogP contribution in [0.3, 0.4) is 0 Å². The molecule has 0 aliphatic rings. The van der Waals surface area contributed by atoms with Gasteiger partial charge in [-0.3, -0.25) is 4.98 Å². The molecule has 0 fully saturated rings. The van der Waals surface area contributed by atoms with E-state index in [0.717, 1.165) is 22.1 Å². The number of nitrogens with zero attached hydrogens (tertiary/aromatic N) is 3. The summed E-state index contributed by atoms with van der Waals surface area (Å²) in [6.07, 6.45) is 3.04. The van der Waals surface area contributed by atoms with Gasteiger partial charge in [-0.05, 0) is 24.1 Å². The molecule has 0 amide bonds. The van der Waals surface area contributed by atoms with E-state index >= 15 is 0 Å². The lowest BCUT2D eigenvalue weighted by Crippen LogP contribution is -2.13. The summed E-state index contributed by atoms with van der Waals surface area (Å²) >= 11 is 0. The Balaban J connectivity index is 1.88. The van der Waals surface area contributed by atoms with Crippen molar-refractivity contribution in [3.63, 3.8) is 0 Å². The lowest BCUT2D eigenvalue weighted by molar-refractivity contribution is 0.636. The average molecular weight is 374 g/mol. The number of aromatic nitrogens is 3. The van der Waals surface area contributed by atoms with E-state index in [-0.39, 0.29) is 23.4 Å². The molecule has 2 aromatic heterocycles. The Morgan fingerprint density at radius 3 is 2.54 bits per heavy atom. The molecule has 0 saturated heterocycles. The standard InChI is InChI=1S/C21H19FN6/c1-12(28-21-18(23)20(24)26-11-27-21)15-10-25-19-14(8-5-9-16(19)22)17(15)13-6-3-2-4-7-13/h2-12H,23H2,1H3,(H3,24,26,27,28)/t12-/m0/s1. The van der Waals surface area contributed by atoms with Crippen molar-refractivity contribution < 1.29 is 4.39 Å². The van der Waals surface area contributed by atoms with Crippen LogP contribution in [0.2, 0.25) is 0 Å². The van der Waals surface area contributed by atoms with E-state index < -0.39 is 0 Å². The van der Waals surface area contributed by atoms with Crippen LogP contribution < -0.4 is 16.8 Å². The summed E-state index contributed by atoms with van der Waals surface area (Å²) < 4.78 is 14.3. The maximum Gasteiger partial charge on any atom is 0.155 e. The van der Waals surface area contributed by atoms with Crippen LogP contribution in [-0.4, -0.2) is 15.0 Å². The van der Waals surface area contributed by atoms with Crippen LogP contribution in [0, 0.1) is 5.82 Å². The maximum atomic E-state index is 14.3. The van der Waals surface area contributed by atoms with Crippen molar-refractivity contribution in [1.29, 1.82) is 0 Å². The normalized spacial score (nSPS) is 12.1. The Kier molecular flexibility index (Phi) is 4.49. The SMILES string of the molecule is C[C@H](Nc1ncnc(N)c1N)c1cnc2c(F)cccc2c1-c1ccccc1. The molecule has 0 saturated carbocycles. The summed E-state index contributed by atoms with van der Waals surface area (Å²) in [4.78, 5) is 12.4. The van der Waals surface area contributed by atoms with E-state index in [2.05, 4.69) is 20.3 Å². The summed E-state index contributed by atoms with van der Waals surface area (Å²) in [6, 6.07) is 14.6. The number of hydrogen-bond acceptors (Lipinski definition) is 6. The lowest BCUT2D eigenvalue weighted by atomic mass is 9.93. The highest BCUT2D eigenvalue weighted by molar-refractivity contribution is 5.96. The van der Waals surface area contributed by atoms with Gasteiger partial charge in [0.2, 0.25) is 0 Å². The molecule has 0 aliphatic heterocycles. The Bertz CT molecular complexity index is 1150. The molecule has 0 unspecified atom stereocenters. The van der Waals surface area contributed by atoms with Crippen LogP contribution in [0.15, 0.2) is 61.1 Å². The fraction of sp³-hybridized carbons (Fsp3) is 0.0952. The van der Waals surface area contributed by atoms with Crippen molar-refractivity contribution in [3.05, 3.63) is 72.4 Å². The molecule has 1 atom stereocenters. The summed E-state index contributed by atoms with van der Waals surface area (Å²) in [5.41, 5.74) is 15.2. The summed E-state index contributed by atoms with van der Waals surface area (Å²) in [6.45, 7) is 1.96. The molecule has 0 bridgehead atoms. The smallest absolute Gasteiger partial charge is 0.155 e. The molecular weight excluding hydrogens is 355 g/mol. The molecule has 5 N–H and O–H groups in total. The number of anilines is 3. The van der Waals surface area contributed by atoms with Gasteiger partial charge in [0.25, 0.3) is 0 Å². The predicted molar refractivity (Wildman–Crippen MR) is 110 cm³/mol. The van der Waals surface area contributed by atoms with Crippen LogP contribution in [0.25, 0.3) is 22.0 Å². The van der Waals surface area contributed by atoms with Crippen molar-refractivity contribution in [2.45, 2.75) is 13.0 Å². The molecule has 0 aliphatic carbocycles. The first-order valence-electron chi connectivity index (χ1n) is 8.81. The quantitative estimate of drug-likeness (QED) is 0.495. The van der Waals surface area contributed by atoms with E-state index in [9.17, 15) is 4.39 Å². The molecule has 7 heteroatoms. The number of fused-ring (bicyclic) bond motifs is 1. The molecule has 2 aromatic carbocycles. The average Bonchev–Trinajstić information content (AvgIpc) is 2.71. The molecule has 0 spiro atoms. The minimum Gasteiger partial charge on any atom is -0.393 e. The van der Waals surface area contributed by atoms with Crippen molar-refractivity contribution in [1.82, 2.24) is 15.0 Å². The summed E-state index contributed by atoms with van der Waals surface area (Å²) in [7, 11) is 0. The molecule has 6 nitrogen and oxygen atoms in total. The lowest BCUT2D eigenvalue weighted by Gasteiger charge is -2.21. The first-order chi connectivity index (χ1) is 13.6. The van der Waals surface area contributed by atoms with Gasteiger partial charge in [0.05, 0.1) is 6.04 Å². The number of nitrogen functional groups attached to an aromatic ring is 2. The maximum absolute atomic E-state index is 14.3. The second kappa shape index (κ2) is 7.11. The molecule has 4 rings (SSSR count). The van der Waals surface area contributed by atoms with Crippen LogP contribution >= 0.6 is 0 Å². The highest BCUT2D eigenvalue weighted by Gasteiger charge is 2.19. The van der Waals surface area contributed by atoms with Crippen LogP contribution in [0.5, 0.6) is 0 Å². The predicted octanol–water partition coefficient (Wildman–Crippen LogP) is 4.17. The monoisotopic (exact) mass is 374 g/mol. The fourth-order valence-electron chi connectivity index (χ4n) is 3.26. The van der Waals surface area contributed by atoms with Gasteiger partial charge in [0.1, 0.15) is 23.3 Å². The third-order valence-electron chi connectivity index (χ3n) is 4.67.